The number of rotatable bonds is 9. The summed E-state index contributed by atoms with van der Waals surface area (Å²) in [7, 11) is 1.52. The zero-order valence-electron chi connectivity index (χ0n) is 17.0. The number of carbonyl (C=O) groups is 2. The van der Waals surface area contributed by atoms with Crippen molar-refractivity contribution in [1.82, 2.24) is 25.2 Å². The molecule has 158 valence electrons. The van der Waals surface area contributed by atoms with Gasteiger partial charge in [-0.25, -0.2) is 9.97 Å². The third-order valence-electron chi connectivity index (χ3n) is 4.97. The normalized spacial score (nSPS) is 15.6. The van der Waals surface area contributed by atoms with Gasteiger partial charge >= 0.3 is 0 Å². The summed E-state index contributed by atoms with van der Waals surface area (Å²) in [6.07, 6.45) is 9.18. The number of carbonyl (C=O) groups excluding carboxylic acids is 2. The number of aromatic nitrogens is 3. The van der Waals surface area contributed by atoms with Crippen LogP contribution in [-0.2, 0) is 16.1 Å². The summed E-state index contributed by atoms with van der Waals surface area (Å²) >= 11 is 0.826. The number of likely N-dealkylation sites (tertiary alicyclic amines) is 1. The van der Waals surface area contributed by atoms with Crippen LogP contribution in [0.15, 0.2) is 41.7 Å². The molecular weight excluding hydrogens is 400 g/mol. The molecule has 30 heavy (non-hydrogen) atoms. The Morgan fingerprint density at radius 2 is 2.13 bits per heavy atom. The standard InChI is InChI=1S/C21H26N6O2S/c1-22-20(29)19(30-15-28)11-18-4-8-24-21(26-18)25-13-16-5-9-27(10-6-16)14-17-3-2-7-23-12-17/h2-4,7-8,11-12,15-16H,5-6,9-10,13-14H2,1H3,(H,22,29)(H,24,25,26)/b19-11-. The van der Waals surface area contributed by atoms with E-state index in [0.29, 0.717) is 23.2 Å². The van der Waals surface area contributed by atoms with Crippen LogP contribution in [0, 0.1) is 5.92 Å². The first-order chi connectivity index (χ1) is 14.7. The largest absolute Gasteiger partial charge is 0.355 e. The first-order valence-electron chi connectivity index (χ1n) is 9.90. The molecule has 0 aromatic carbocycles. The lowest BCUT2D eigenvalue weighted by atomic mass is 9.96. The third kappa shape index (κ3) is 6.64. The minimum atomic E-state index is -0.321. The minimum absolute atomic E-state index is 0.290. The highest BCUT2D eigenvalue weighted by Crippen LogP contribution is 2.20. The van der Waals surface area contributed by atoms with Crippen LogP contribution in [-0.4, -0.2) is 58.1 Å². The van der Waals surface area contributed by atoms with E-state index in [0.717, 1.165) is 50.8 Å². The van der Waals surface area contributed by atoms with Crippen LogP contribution in [0.2, 0.25) is 0 Å². The number of likely N-dealkylation sites (N-methyl/N-ethyl adjacent to an activating group) is 1. The lowest BCUT2D eigenvalue weighted by Crippen LogP contribution is -2.35. The highest BCUT2D eigenvalue weighted by molar-refractivity contribution is 8.16. The molecule has 1 amide bonds. The molecular formula is C21H26N6O2S. The van der Waals surface area contributed by atoms with Crippen molar-refractivity contribution in [3.8, 4) is 0 Å². The molecule has 1 aliphatic heterocycles. The van der Waals surface area contributed by atoms with E-state index in [2.05, 4.69) is 36.6 Å². The van der Waals surface area contributed by atoms with Crippen LogP contribution in [0.25, 0.3) is 6.08 Å². The topological polar surface area (TPSA) is 100 Å². The van der Waals surface area contributed by atoms with E-state index in [9.17, 15) is 9.59 Å². The SMILES string of the molecule is CNC(=O)/C(=C/c1ccnc(NCC2CCN(Cc3cccnc3)CC2)n1)SC=O. The predicted molar refractivity (Wildman–Crippen MR) is 119 cm³/mol. The predicted octanol–water partition coefficient (Wildman–Crippen LogP) is 2.21. The fourth-order valence-electron chi connectivity index (χ4n) is 3.33. The van der Waals surface area contributed by atoms with Crippen LogP contribution >= 0.6 is 11.8 Å². The number of pyridine rings is 1. The molecule has 0 radical (unpaired) electrons. The molecule has 8 nitrogen and oxygen atoms in total. The Morgan fingerprint density at radius 3 is 2.83 bits per heavy atom. The first kappa shape index (κ1) is 21.9. The smallest absolute Gasteiger partial charge is 0.257 e. The Bertz CT molecular complexity index is 869. The monoisotopic (exact) mass is 426 g/mol. The van der Waals surface area contributed by atoms with E-state index >= 15 is 0 Å². The zero-order valence-corrected chi connectivity index (χ0v) is 17.8. The van der Waals surface area contributed by atoms with Crippen LogP contribution in [0.1, 0.15) is 24.1 Å². The summed E-state index contributed by atoms with van der Waals surface area (Å²) < 4.78 is 0. The number of nitrogens with zero attached hydrogens (tertiary/aromatic N) is 4. The van der Waals surface area contributed by atoms with Crippen molar-refractivity contribution in [3.05, 3.63) is 53.0 Å². The van der Waals surface area contributed by atoms with Crippen molar-refractivity contribution < 1.29 is 9.59 Å². The molecule has 0 spiro atoms. The maximum atomic E-state index is 11.8. The maximum Gasteiger partial charge on any atom is 0.257 e. The van der Waals surface area contributed by atoms with Crippen molar-refractivity contribution in [1.29, 1.82) is 0 Å². The van der Waals surface area contributed by atoms with E-state index in [1.54, 1.807) is 24.5 Å². The summed E-state index contributed by atoms with van der Waals surface area (Å²) in [5, 5.41) is 5.83. The van der Waals surface area contributed by atoms with Crippen molar-refractivity contribution in [3.63, 3.8) is 0 Å². The lowest BCUT2D eigenvalue weighted by molar-refractivity contribution is -0.116. The molecule has 0 bridgehead atoms. The van der Waals surface area contributed by atoms with Gasteiger partial charge in [-0.2, -0.15) is 0 Å². The van der Waals surface area contributed by atoms with Gasteiger partial charge in [-0.3, -0.25) is 19.5 Å². The zero-order chi connectivity index (χ0) is 21.2. The molecule has 2 aromatic rings. The van der Waals surface area contributed by atoms with Gasteiger partial charge in [0.15, 0.2) is 5.62 Å². The fourth-order valence-corrected chi connectivity index (χ4v) is 3.84. The molecule has 1 saturated heterocycles. The molecule has 0 aliphatic carbocycles. The molecule has 0 saturated carbocycles. The number of hydrogen-bond acceptors (Lipinski definition) is 8. The summed E-state index contributed by atoms with van der Waals surface area (Å²) in [5.74, 6) is 0.761. The summed E-state index contributed by atoms with van der Waals surface area (Å²) in [4.78, 5) is 38.3. The van der Waals surface area contributed by atoms with Gasteiger partial charge in [0.1, 0.15) is 0 Å². The number of anilines is 1. The van der Waals surface area contributed by atoms with Gasteiger partial charge in [-0.05, 0) is 67.4 Å². The number of amides is 1. The van der Waals surface area contributed by atoms with E-state index in [-0.39, 0.29) is 10.8 Å². The Morgan fingerprint density at radius 1 is 1.30 bits per heavy atom. The molecule has 9 heteroatoms. The van der Waals surface area contributed by atoms with Gasteiger partial charge in [0.2, 0.25) is 5.95 Å². The van der Waals surface area contributed by atoms with E-state index in [1.165, 1.54) is 12.6 Å². The first-order valence-corrected chi connectivity index (χ1v) is 10.8. The average Bonchev–Trinajstić information content (AvgIpc) is 2.79. The number of thioether (sulfide) groups is 1. The summed E-state index contributed by atoms with van der Waals surface area (Å²) in [6.45, 7) is 3.86. The van der Waals surface area contributed by atoms with E-state index in [1.807, 2.05) is 12.3 Å². The lowest BCUT2D eigenvalue weighted by Gasteiger charge is -2.32. The second kappa shape index (κ2) is 11.4. The highest BCUT2D eigenvalue weighted by atomic mass is 32.2. The van der Waals surface area contributed by atoms with Crippen molar-refractivity contribution in [2.75, 3.05) is 32.0 Å². The summed E-state index contributed by atoms with van der Waals surface area (Å²) in [5.41, 5.74) is 2.45. The van der Waals surface area contributed by atoms with Gasteiger partial charge in [0, 0.05) is 38.7 Å². The second-order valence-corrected chi connectivity index (χ2v) is 7.94. The maximum absolute atomic E-state index is 11.8. The molecule has 0 unspecified atom stereocenters. The Labute approximate surface area is 180 Å². The number of hydrogen-bond donors (Lipinski definition) is 2. The van der Waals surface area contributed by atoms with Gasteiger partial charge in [0.25, 0.3) is 5.91 Å². The second-order valence-electron chi connectivity index (χ2n) is 7.07. The van der Waals surface area contributed by atoms with Gasteiger partial charge in [0.05, 0.1) is 10.6 Å². The van der Waals surface area contributed by atoms with Crippen LogP contribution in [0.5, 0.6) is 0 Å². The average molecular weight is 427 g/mol. The Kier molecular flexibility index (Phi) is 8.34. The third-order valence-corrected chi connectivity index (χ3v) is 5.62. The van der Waals surface area contributed by atoms with Crippen molar-refractivity contribution >= 4 is 35.3 Å². The fraction of sp³-hybridized carbons (Fsp3) is 0.381. The van der Waals surface area contributed by atoms with Crippen LogP contribution in [0.4, 0.5) is 5.95 Å². The molecule has 2 aromatic heterocycles. The molecule has 1 fully saturated rings. The van der Waals surface area contributed by atoms with E-state index in [4.69, 9.17) is 0 Å². The van der Waals surface area contributed by atoms with Gasteiger partial charge in [-0.1, -0.05) is 6.07 Å². The van der Waals surface area contributed by atoms with E-state index < -0.39 is 0 Å². The quantitative estimate of drug-likeness (QED) is 0.465. The summed E-state index contributed by atoms with van der Waals surface area (Å²) in [6, 6.07) is 5.80. The van der Waals surface area contributed by atoms with Crippen molar-refractivity contribution in [2.45, 2.75) is 19.4 Å². The van der Waals surface area contributed by atoms with Crippen molar-refractivity contribution in [2.24, 2.45) is 5.92 Å². The highest BCUT2D eigenvalue weighted by Gasteiger charge is 2.19. The number of nitrogens with one attached hydrogen (secondary N) is 2. The van der Waals surface area contributed by atoms with Crippen LogP contribution in [0.3, 0.4) is 0 Å². The molecule has 2 N–H and O–H groups in total. The van der Waals surface area contributed by atoms with Gasteiger partial charge < -0.3 is 10.6 Å². The molecule has 1 aliphatic rings. The van der Waals surface area contributed by atoms with Crippen LogP contribution < -0.4 is 10.6 Å². The number of piperidine rings is 1. The van der Waals surface area contributed by atoms with Gasteiger partial charge in [-0.15, -0.1) is 0 Å². The molecule has 0 atom stereocenters. The Hall–Kier alpha value is -2.78. The molecule has 3 heterocycles. The minimum Gasteiger partial charge on any atom is -0.355 e. The molecule has 3 rings (SSSR count). The Balaban J connectivity index is 1.50.